The molecule has 0 radical (unpaired) electrons. The quantitative estimate of drug-likeness (QED) is 0.868. The summed E-state index contributed by atoms with van der Waals surface area (Å²) in [6.45, 7) is 3.49. The Labute approximate surface area is 127 Å². The standard InChI is InChI=1S/C14H18N4O4/c1-9(19)17-4-6-18(7-5-17)13(21)11-8-22-14(15-11)16-12(20)10-2-3-10/h8,10H,2-7H2,1H3,(H,15,16,20). The summed E-state index contributed by atoms with van der Waals surface area (Å²) in [6, 6.07) is 0.0580. The first-order chi connectivity index (χ1) is 10.5. The Balaban J connectivity index is 1.57. The van der Waals surface area contributed by atoms with E-state index in [-0.39, 0.29) is 35.3 Å². The van der Waals surface area contributed by atoms with E-state index >= 15 is 0 Å². The average molecular weight is 306 g/mol. The SMILES string of the molecule is CC(=O)N1CCN(C(=O)c2coc(NC(=O)C3CC3)n2)CC1. The summed E-state index contributed by atoms with van der Waals surface area (Å²) in [4.78, 5) is 42.5. The molecule has 118 valence electrons. The Morgan fingerprint density at radius 1 is 1.18 bits per heavy atom. The summed E-state index contributed by atoms with van der Waals surface area (Å²) in [5.74, 6) is -0.306. The minimum atomic E-state index is -0.251. The molecule has 2 fully saturated rings. The largest absolute Gasteiger partial charge is 0.431 e. The summed E-state index contributed by atoms with van der Waals surface area (Å²) < 4.78 is 5.13. The molecule has 1 aliphatic heterocycles. The number of aromatic nitrogens is 1. The number of rotatable bonds is 3. The van der Waals surface area contributed by atoms with Crippen molar-refractivity contribution in [2.75, 3.05) is 31.5 Å². The molecule has 8 nitrogen and oxygen atoms in total. The molecule has 1 aromatic heterocycles. The van der Waals surface area contributed by atoms with E-state index in [1.54, 1.807) is 9.80 Å². The number of anilines is 1. The summed E-state index contributed by atoms with van der Waals surface area (Å²) in [6.07, 6.45) is 3.03. The minimum Gasteiger partial charge on any atom is -0.431 e. The lowest BCUT2D eigenvalue weighted by Crippen LogP contribution is -2.50. The predicted octanol–water partition coefficient (Wildman–Crippen LogP) is 0.327. The van der Waals surface area contributed by atoms with E-state index in [1.807, 2.05) is 0 Å². The smallest absolute Gasteiger partial charge is 0.302 e. The maximum Gasteiger partial charge on any atom is 0.302 e. The van der Waals surface area contributed by atoms with E-state index < -0.39 is 0 Å². The Morgan fingerprint density at radius 3 is 2.41 bits per heavy atom. The Hall–Kier alpha value is -2.38. The van der Waals surface area contributed by atoms with Crippen molar-refractivity contribution < 1.29 is 18.8 Å². The molecule has 2 aliphatic rings. The van der Waals surface area contributed by atoms with Crippen LogP contribution < -0.4 is 5.32 Å². The third-order valence-electron chi connectivity index (χ3n) is 3.91. The summed E-state index contributed by atoms with van der Waals surface area (Å²) in [5, 5.41) is 2.56. The molecule has 0 unspecified atom stereocenters. The van der Waals surface area contributed by atoms with Gasteiger partial charge in [-0.1, -0.05) is 0 Å². The Kier molecular flexibility index (Phi) is 3.82. The van der Waals surface area contributed by atoms with Gasteiger partial charge >= 0.3 is 6.01 Å². The second kappa shape index (κ2) is 5.78. The highest BCUT2D eigenvalue weighted by Crippen LogP contribution is 2.30. The molecular weight excluding hydrogens is 288 g/mol. The van der Waals surface area contributed by atoms with Gasteiger partial charge in [-0.2, -0.15) is 4.98 Å². The molecule has 1 aliphatic carbocycles. The number of hydrogen-bond acceptors (Lipinski definition) is 5. The number of amides is 3. The number of nitrogens with one attached hydrogen (secondary N) is 1. The first-order valence-corrected chi connectivity index (χ1v) is 7.36. The van der Waals surface area contributed by atoms with Gasteiger partial charge in [0.2, 0.25) is 11.8 Å². The van der Waals surface area contributed by atoms with E-state index in [9.17, 15) is 14.4 Å². The van der Waals surface area contributed by atoms with Crippen LogP contribution in [-0.4, -0.2) is 58.7 Å². The van der Waals surface area contributed by atoms with E-state index in [4.69, 9.17) is 4.42 Å². The second-order valence-electron chi connectivity index (χ2n) is 5.60. The topological polar surface area (TPSA) is 95.8 Å². The highest BCUT2D eigenvalue weighted by atomic mass is 16.4. The van der Waals surface area contributed by atoms with E-state index in [0.717, 1.165) is 12.8 Å². The van der Waals surface area contributed by atoms with Crippen LogP contribution in [-0.2, 0) is 9.59 Å². The summed E-state index contributed by atoms with van der Waals surface area (Å²) in [5.41, 5.74) is 0.169. The van der Waals surface area contributed by atoms with Crippen LogP contribution >= 0.6 is 0 Å². The molecule has 0 bridgehead atoms. The molecule has 3 rings (SSSR count). The van der Waals surface area contributed by atoms with Crippen LogP contribution in [0.15, 0.2) is 10.7 Å². The van der Waals surface area contributed by atoms with E-state index in [1.165, 1.54) is 13.2 Å². The molecule has 0 spiro atoms. The van der Waals surface area contributed by atoms with Crippen molar-refractivity contribution in [2.45, 2.75) is 19.8 Å². The number of carbonyl (C=O) groups excluding carboxylic acids is 3. The van der Waals surface area contributed by atoms with Crippen LogP contribution in [0.1, 0.15) is 30.3 Å². The van der Waals surface area contributed by atoms with Crippen molar-refractivity contribution in [1.29, 1.82) is 0 Å². The molecule has 0 atom stereocenters. The maximum atomic E-state index is 12.3. The zero-order valence-corrected chi connectivity index (χ0v) is 12.4. The van der Waals surface area contributed by atoms with Crippen LogP contribution in [0.2, 0.25) is 0 Å². The highest BCUT2D eigenvalue weighted by Gasteiger charge is 2.31. The van der Waals surface area contributed by atoms with E-state index in [2.05, 4.69) is 10.3 Å². The summed E-state index contributed by atoms with van der Waals surface area (Å²) in [7, 11) is 0. The maximum absolute atomic E-state index is 12.3. The van der Waals surface area contributed by atoms with E-state index in [0.29, 0.717) is 26.2 Å². The van der Waals surface area contributed by atoms with Gasteiger partial charge in [-0.05, 0) is 12.8 Å². The van der Waals surface area contributed by atoms with Gasteiger partial charge in [0, 0.05) is 39.0 Å². The Morgan fingerprint density at radius 2 is 1.82 bits per heavy atom. The summed E-state index contributed by atoms with van der Waals surface area (Å²) >= 11 is 0. The zero-order valence-electron chi connectivity index (χ0n) is 12.4. The minimum absolute atomic E-state index is 0.0126. The number of oxazole rings is 1. The third-order valence-corrected chi connectivity index (χ3v) is 3.91. The molecule has 1 N–H and O–H groups in total. The van der Waals surface area contributed by atoms with Gasteiger partial charge in [0.1, 0.15) is 6.26 Å². The number of nitrogens with zero attached hydrogens (tertiary/aromatic N) is 3. The first kappa shape index (κ1) is 14.6. The molecule has 1 saturated carbocycles. The molecule has 22 heavy (non-hydrogen) atoms. The lowest BCUT2D eigenvalue weighted by molar-refractivity contribution is -0.130. The normalized spacial score (nSPS) is 18.2. The van der Waals surface area contributed by atoms with Crippen molar-refractivity contribution in [3.05, 3.63) is 12.0 Å². The molecule has 0 aromatic carbocycles. The number of carbonyl (C=O) groups is 3. The number of hydrogen-bond donors (Lipinski definition) is 1. The van der Waals surface area contributed by atoms with Gasteiger partial charge in [-0.25, -0.2) is 0 Å². The van der Waals surface area contributed by atoms with Crippen LogP contribution in [0.25, 0.3) is 0 Å². The van der Waals surface area contributed by atoms with Crippen LogP contribution in [0, 0.1) is 5.92 Å². The van der Waals surface area contributed by atoms with Crippen molar-refractivity contribution in [2.24, 2.45) is 5.92 Å². The van der Waals surface area contributed by atoms with Gasteiger partial charge in [0.05, 0.1) is 0 Å². The van der Waals surface area contributed by atoms with Crippen molar-refractivity contribution in [1.82, 2.24) is 14.8 Å². The zero-order chi connectivity index (χ0) is 15.7. The van der Waals surface area contributed by atoms with Gasteiger partial charge in [-0.3, -0.25) is 19.7 Å². The molecule has 1 aromatic rings. The van der Waals surface area contributed by atoms with Gasteiger partial charge < -0.3 is 14.2 Å². The van der Waals surface area contributed by atoms with Crippen LogP contribution in [0.3, 0.4) is 0 Å². The fourth-order valence-corrected chi connectivity index (χ4v) is 2.37. The number of piperazine rings is 1. The lowest BCUT2D eigenvalue weighted by Gasteiger charge is -2.33. The molecule has 8 heteroatoms. The average Bonchev–Trinajstić information content (AvgIpc) is 3.27. The highest BCUT2D eigenvalue weighted by molar-refractivity contribution is 5.95. The lowest BCUT2D eigenvalue weighted by atomic mass is 10.3. The van der Waals surface area contributed by atoms with Gasteiger partial charge in [0.25, 0.3) is 5.91 Å². The molecule has 2 heterocycles. The third kappa shape index (κ3) is 3.10. The van der Waals surface area contributed by atoms with Crippen LogP contribution in [0.4, 0.5) is 6.01 Å². The van der Waals surface area contributed by atoms with Crippen LogP contribution in [0.5, 0.6) is 0 Å². The van der Waals surface area contributed by atoms with Crippen molar-refractivity contribution in [3.8, 4) is 0 Å². The fraction of sp³-hybridized carbons (Fsp3) is 0.571. The Bertz CT molecular complexity index is 600. The van der Waals surface area contributed by atoms with Crippen molar-refractivity contribution in [3.63, 3.8) is 0 Å². The predicted molar refractivity (Wildman–Crippen MR) is 76.0 cm³/mol. The molecular formula is C14H18N4O4. The van der Waals surface area contributed by atoms with Gasteiger partial charge in [-0.15, -0.1) is 0 Å². The van der Waals surface area contributed by atoms with Crippen molar-refractivity contribution >= 4 is 23.7 Å². The second-order valence-corrected chi connectivity index (χ2v) is 5.60. The first-order valence-electron chi connectivity index (χ1n) is 7.36. The molecule has 1 saturated heterocycles. The molecule has 3 amide bonds. The fourth-order valence-electron chi connectivity index (χ4n) is 2.37. The van der Waals surface area contributed by atoms with Gasteiger partial charge in [0.15, 0.2) is 5.69 Å². The monoisotopic (exact) mass is 306 g/mol.